The number of benzene rings is 1. The highest BCUT2D eigenvalue weighted by Crippen LogP contribution is 2.16. The molecule has 1 atom stereocenters. The maximum Gasteiger partial charge on any atom is 0.239 e. The minimum absolute atomic E-state index is 0. The second-order valence-corrected chi connectivity index (χ2v) is 8.73. The average molecular weight is 421 g/mol. The van der Waals surface area contributed by atoms with Gasteiger partial charge in [0.05, 0.1) is 5.75 Å². The van der Waals surface area contributed by atoms with E-state index in [2.05, 4.69) is 10.6 Å². The first-order valence-electron chi connectivity index (χ1n) is 8.95. The molecule has 2 fully saturated rings. The predicted octanol–water partition coefficient (Wildman–Crippen LogP) is 0.567. The Morgan fingerprint density at radius 3 is 2.52 bits per heavy atom. The van der Waals surface area contributed by atoms with Gasteiger partial charge in [-0.2, -0.15) is 0 Å². The molecule has 2 heterocycles. The molecule has 0 aromatic heterocycles. The van der Waals surface area contributed by atoms with Gasteiger partial charge in [-0.3, -0.25) is 4.79 Å². The van der Waals surface area contributed by atoms with Crippen LogP contribution < -0.4 is 15.5 Å². The van der Waals surface area contributed by atoms with Gasteiger partial charge in [0, 0.05) is 45.0 Å². The van der Waals surface area contributed by atoms with Crippen molar-refractivity contribution in [1.29, 1.82) is 0 Å². The minimum atomic E-state index is -3.29. The number of hydrogen-bond donors (Lipinski definition) is 2. The Balaban J connectivity index is 0.00000261. The molecule has 1 aromatic rings. The van der Waals surface area contributed by atoms with E-state index >= 15 is 0 Å². The molecule has 1 unspecified atom stereocenters. The smallest absolute Gasteiger partial charge is 0.239 e. The van der Waals surface area contributed by atoms with Crippen molar-refractivity contribution in [2.75, 3.05) is 49.9 Å². The normalized spacial score (nSPS) is 20.9. The third kappa shape index (κ3) is 5.78. The number of piperazine rings is 1. The topological polar surface area (TPSA) is 81.8 Å². The number of sulfonamides is 1. The minimum Gasteiger partial charge on any atom is -0.368 e. The Labute approximate surface area is 165 Å². The van der Waals surface area contributed by atoms with Gasteiger partial charge in [-0.05, 0) is 37.1 Å². The van der Waals surface area contributed by atoms with Crippen LogP contribution in [0.1, 0.15) is 12.8 Å². The highest BCUT2D eigenvalue weighted by Gasteiger charge is 2.27. The van der Waals surface area contributed by atoms with E-state index in [1.54, 1.807) is 12.1 Å². The van der Waals surface area contributed by atoms with Crippen LogP contribution in [0.15, 0.2) is 24.3 Å². The van der Waals surface area contributed by atoms with E-state index in [4.69, 9.17) is 0 Å². The summed E-state index contributed by atoms with van der Waals surface area (Å²) in [5.74, 6) is -0.585. The van der Waals surface area contributed by atoms with Crippen LogP contribution in [0.2, 0.25) is 0 Å². The molecule has 3 rings (SSSR count). The summed E-state index contributed by atoms with van der Waals surface area (Å²) < 4.78 is 38.9. The van der Waals surface area contributed by atoms with E-state index in [0.717, 1.165) is 25.1 Å². The highest BCUT2D eigenvalue weighted by atomic mass is 35.5. The van der Waals surface area contributed by atoms with Crippen LogP contribution in [0.3, 0.4) is 0 Å². The molecule has 0 radical (unpaired) electrons. The van der Waals surface area contributed by atoms with Gasteiger partial charge in [-0.15, -0.1) is 12.4 Å². The average Bonchev–Trinajstić information content (AvgIpc) is 3.18. The van der Waals surface area contributed by atoms with Crippen LogP contribution in [-0.2, 0) is 14.8 Å². The van der Waals surface area contributed by atoms with Crippen molar-refractivity contribution >= 4 is 34.0 Å². The number of amides is 1. The molecule has 0 aliphatic carbocycles. The Hall–Kier alpha value is -1.42. The molecule has 0 saturated carbocycles. The molecule has 0 bridgehead atoms. The second kappa shape index (κ2) is 9.68. The SMILES string of the molecule is Cl.O=C(NCCS(=O)(=O)N1CCCC1)C1CN(c2ccc(F)cc2)CCN1. The fourth-order valence-electron chi connectivity index (χ4n) is 3.33. The molecule has 7 nitrogen and oxygen atoms in total. The fourth-order valence-corrected chi connectivity index (χ4v) is 4.77. The van der Waals surface area contributed by atoms with E-state index in [0.29, 0.717) is 26.2 Å². The fraction of sp³-hybridized carbons (Fsp3) is 0.588. The summed E-state index contributed by atoms with van der Waals surface area (Å²) >= 11 is 0. The molecule has 1 aromatic carbocycles. The summed E-state index contributed by atoms with van der Waals surface area (Å²) in [5.41, 5.74) is 0.863. The number of carbonyl (C=O) groups is 1. The van der Waals surface area contributed by atoms with E-state index in [1.807, 2.05) is 4.90 Å². The summed E-state index contributed by atoms with van der Waals surface area (Å²) in [4.78, 5) is 14.4. The van der Waals surface area contributed by atoms with Crippen LogP contribution in [0.4, 0.5) is 10.1 Å². The predicted molar refractivity (Wildman–Crippen MR) is 105 cm³/mol. The number of hydrogen-bond acceptors (Lipinski definition) is 5. The summed E-state index contributed by atoms with van der Waals surface area (Å²) in [5, 5.41) is 5.86. The zero-order valence-electron chi connectivity index (χ0n) is 15.1. The van der Waals surface area contributed by atoms with Gasteiger partial charge in [0.2, 0.25) is 15.9 Å². The monoisotopic (exact) mass is 420 g/mol. The Kier molecular flexibility index (Phi) is 7.84. The molecule has 2 aliphatic rings. The Morgan fingerprint density at radius 2 is 1.85 bits per heavy atom. The highest BCUT2D eigenvalue weighted by molar-refractivity contribution is 7.89. The molecule has 2 N–H and O–H groups in total. The second-order valence-electron chi connectivity index (χ2n) is 6.64. The molecule has 2 aliphatic heterocycles. The van der Waals surface area contributed by atoms with E-state index in [1.165, 1.54) is 16.4 Å². The first-order valence-corrected chi connectivity index (χ1v) is 10.6. The van der Waals surface area contributed by atoms with Crippen LogP contribution in [0.25, 0.3) is 0 Å². The van der Waals surface area contributed by atoms with Crippen molar-refractivity contribution in [1.82, 2.24) is 14.9 Å². The molecule has 2 saturated heterocycles. The van der Waals surface area contributed by atoms with Gasteiger partial charge in [0.15, 0.2) is 0 Å². The van der Waals surface area contributed by atoms with Gasteiger partial charge in [0.25, 0.3) is 0 Å². The van der Waals surface area contributed by atoms with Crippen molar-refractivity contribution in [3.05, 3.63) is 30.1 Å². The first-order chi connectivity index (χ1) is 12.5. The maximum atomic E-state index is 13.1. The molecule has 0 spiro atoms. The largest absolute Gasteiger partial charge is 0.368 e. The van der Waals surface area contributed by atoms with Crippen molar-refractivity contribution in [2.24, 2.45) is 0 Å². The van der Waals surface area contributed by atoms with Gasteiger partial charge in [-0.1, -0.05) is 0 Å². The lowest BCUT2D eigenvalue weighted by atomic mass is 10.1. The number of nitrogens with zero attached hydrogens (tertiary/aromatic N) is 2. The molecular formula is C17H26ClFN4O3S. The summed E-state index contributed by atoms with van der Waals surface area (Å²) in [7, 11) is -3.29. The lowest BCUT2D eigenvalue weighted by Gasteiger charge is -2.34. The first kappa shape index (κ1) is 21.9. The maximum absolute atomic E-state index is 13.1. The van der Waals surface area contributed by atoms with Gasteiger partial charge in [0.1, 0.15) is 11.9 Å². The van der Waals surface area contributed by atoms with Gasteiger partial charge in [-0.25, -0.2) is 17.1 Å². The number of halogens is 2. The Morgan fingerprint density at radius 1 is 1.19 bits per heavy atom. The number of carbonyl (C=O) groups excluding carboxylic acids is 1. The standard InChI is InChI=1S/C17H25FN4O3S.ClH/c18-14-3-5-15(6-4-14)21-11-7-19-16(13-21)17(23)20-8-12-26(24,25)22-9-1-2-10-22;/h3-6,16,19H,1-2,7-13H2,(H,20,23);1H. The quantitative estimate of drug-likeness (QED) is 0.703. The lowest BCUT2D eigenvalue weighted by molar-refractivity contribution is -0.123. The zero-order valence-corrected chi connectivity index (χ0v) is 16.7. The molecule has 152 valence electrons. The lowest BCUT2D eigenvalue weighted by Crippen LogP contribution is -2.57. The molecular weight excluding hydrogens is 395 g/mol. The van der Waals surface area contributed by atoms with E-state index in [9.17, 15) is 17.6 Å². The van der Waals surface area contributed by atoms with Crippen LogP contribution >= 0.6 is 12.4 Å². The number of nitrogens with one attached hydrogen (secondary N) is 2. The molecule has 27 heavy (non-hydrogen) atoms. The third-order valence-corrected chi connectivity index (χ3v) is 6.67. The summed E-state index contributed by atoms with van der Waals surface area (Å²) in [6.07, 6.45) is 1.80. The zero-order chi connectivity index (χ0) is 18.6. The van der Waals surface area contributed by atoms with E-state index < -0.39 is 16.1 Å². The van der Waals surface area contributed by atoms with Crippen LogP contribution in [0, 0.1) is 5.82 Å². The number of rotatable bonds is 6. The molecule has 10 heteroatoms. The van der Waals surface area contributed by atoms with Gasteiger partial charge < -0.3 is 15.5 Å². The van der Waals surface area contributed by atoms with Crippen molar-refractivity contribution in [3.63, 3.8) is 0 Å². The Bertz CT molecular complexity index is 726. The number of anilines is 1. The van der Waals surface area contributed by atoms with Crippen molar-refractivity contribution < 1.29 is 17.6 Å². The van der Waals surface area contributed by atoms with Gasteiger partial charge >= 0.3 is 0 Å². The van der Waals surface area contributed by atoms with Crippen LogP contribution in [-0.4, -0.2) is 69.7 Å². The third-order valence-electron chi connectivity index (χ3n) is 4.80. The van der Waals surface area contributed by atoms with Crippen LogP contribution in [0.5, 0.6) is 0 Å². The van der Waals surface area contributed by atoms with Crippen molar-refractivity contribution in [3.8, 4) is 0 Å². The summed E-state index contributed by atoms with van der Waals surface area (Å²) in [6, 6.07) is 5.75. The van der Waals surface area contributed by atoms with Crippen molar-refractivity contribution in [2.45, 2.75) is 18.9 Å². The summed E-state index contributed by atoms with van der Waals surface area (Å²) in [6.45, 7) is 3.06. The molecule has 1 amide bonds. The van der Waals surface area contributed by atoms with E-state index in [-0.39, 0.29) is 36.4 Å².